The summed E-state index contributed by atoms with van der Waals surface area (Å²) in [5, 5.41) is 4.57. The molecular weight excluding hydrogens is 273 g/mol. The fraction of sp³-hybridized carbons (Fsp3) is 0.385. The van der Waals surface area contributed by atoms with Gasteiger partial charge in [0.1, 0.15) is 5.82 Å². The van der Waals surface area contributed by atoms with Crippen LogP contribution in [0.3, 0.4) is 0 Å². The standard InChI is InChI=1S/C13H13F3N2O2/c1-13(15,16)12(20)17-9-6-10(19)18-11(9)7-4-2-3-5-8(7)14/h2-5,9,11H,6H2,1H3,(H,17,20)(H,18,19)/t9-,11+/m0/s1. The van der Waals surface area contributed by atoms with E-state index in [9.17, 15) is 22.8 Å². The summed E-state index contributed by atoms with van der Waals surface area (Å²) in [5.41, 5.74) is 0.156. The van der Waals surface area contributed by atoms with Crippen molar-refractivity contribution in [2.75, 3.05) is 0 Å². The highest BCUT2D eigenvalue weighted by Gasteiger charge is 2.40. The lowest BCUT2D eigenvalue weighted by atomic mass is 10.00. The molecule has 4 nitrogen and oxygen atoms in total. The minimum absolute atomic E-state index is 0.156. The molecule has 2 atom stereocenters. The van der Waals surface area contributed by atoms with Crippen LogP contribution in [0.25, 0.3) is 0 Å². The molecule has 2 amide bonds. The molecular formula is C13H13F3N2O2. The van der Waals surface area contributed by atoms with Crippen molar-refractivity contribution in [2.24, 2.45) is 0 Å². The summed E-state index contributed by atoms with van der Waals surface area (Å²) in [6, 6.07) is 3.93. The van der Waals surface area contributed by atoms with E-state index in [0.717, 1.165) is 0 Å². The third-order valence-corrected chi connectivity index (χ3v) is 3.08. The molecule has 108 valence electrons. The third-order valence-electron chi connectivity index (χ3n) is 3.08. The molecule has 1 aromatic carbocycles. The van der Waals surface area contributed by atoms with Gasteiger partial charge < -0.3 is 10.6 Å². The van der Waals surface area contributed by atoms with Crippen molar-refractivity contribution < 1.29 is 22.8 Å². The van der Waals surface area contributed by atoms with Crippen LogP contribution in [-0.4, -0.2) is 23.8 Å². The van der Waals surface area contributed by atoms with Crippen molar-refractivity contribution >= 4 is 11.8 Å². The van der Waals surface area contributed by atoms with Crippen LogP contribution in [0.15, 0.2) is 24.3 Å². The summed E-state index contributed by atoms with van der Waals surface area (Å²) in [5.74, 6) is -6.03. The van der Waals surface area contributed by atoms with Gasteiger partial charge >= 0.3 is 5.92 Å². The second-order valence-electron chi connectivity index (χ2n) is 4.74. The Labute approximate surface area is 113 Å². The van der Waals surface area contributed by atoms with E-state index in [-0.39, 0.29) is 12.0 Å². The lowest BCUT2D eigenvalue weighted by Gasteiger charge is -2.22. The molecule has 0 aromatic heterocycles. The number of benzene rings is 1. The number of nitrogens with one attached hydrogen (secondary N) is 2. The molecule has 7 heteroatoms. The Morgan fingerprint density at radius 2 is 2.05 bits per heavy atom. The van der Waals surface area contributed by atoms with E-state index < -0.39 is 35.6 Å². The van der Waals surface area contributed by atoms with Gasteiger partial charge in [-0.2, -0.15) is 8.78 Å². The molecule has 1 saturated heterocycles. The molecule has 1 aromatic rings. The second-order valence-corrected chi connectivity index (χ2v) is 4.74. The van der Waals surface area contributed by atoms with Crippen molar-refractivity contribution in [3.05, 3.63) is 35.6 Å². The van der Waals surface area contributed by atoms with Crippen LogP contribution in [-0.2, 0) is 9.59 Å². The summed E-state index contributed by atoms with van der Waals surface area (Å²) in [6.45, 7) is 0.463. The highest BCUT2D eigenvalue weighted by molar-refractivity contribution is 5.86. The van der Waals surface area contributed by atoms with Gasteiger partial charge in [0.25, 0.3) is 5.91 Å². The molecule has 0 unspecified atom stereocenters. The predicted octanol–water partition coefficient (Wildman–Crippen LogP) is 1.53. The number of hydrogen-bond donors (Lipinski definition) is 2. The molecule has 0 bridgehead atoms. The zero-order valence-electron chi connectivity index (χ0n) is 10.6. The molecule has 0 aliphatic carbocycles. The molecule has 0 radical (unpaired) electrons. The highest BCUT2D eigenvalue weighted by Crippen LogP contribution is 2.27. The Hall–Kier alpha value is -2.05. The molecule has 20 heavy (non-hydrogen) atoms. The van der Waals surface area contributed by atoms with Crippen molar-refractivity contribution in [2.45, 2.75) is 31.4 Å². The first-order valence-electron chi connectivity index (χ1n) is 6.01. The van der Waals surface area contributed by atoms with Crippen LogP contribution < -0.4 is 10.6 Å². The molecule has 1 aliphatic rings. The average Bonchev–Trinajstić information content (AvgIpc) is 2.69. The molecule has 1 fully saturated rings. The number of halogens is 3. The molecule has 0 saturated carbocycles. The van der Waals surface area contributed by atoms with Crippen LogP contribution in [0.5, 0.6) is 0 Å². The van der Waals surface area contributed by atoms with Crippen LogP contribution in [0, 0.1) is 5.82 Å². The van der Waals surface area contributed by atoms with Gasteiger partial charge in [0, 0.05) is 18.9 Å². The van der Waals surface area contributed by atoms with Gasteiger partial charge in [-0.3, -0.25) is 9.59 Å². The maximum absolute atomic E-state index is 13.7. The quantitative estimate of drug-likeness (QED) is 0.885. The number of amides is 2. The van der Waals surface area contributed by atoms with Crippen molar-refractivity contribution in [1.82, 2.24) is 10.6 Å². The van der Waals surface area contributed by atoms with E-state index in [0.29, 0.717) is 6.92 Å². The second kappa shape index (κ2) is 5.15. The highest BCUT2D eigenvalue weighted by atomic mass is 19.3. The van der Waals surface area contributed by atoms with E-state index in [1.54, 1.807) is 6.07 Å². The van der Waals surface area contributed by atoms with Crippen LogP contribution in [0.2, 0.25) is 0 Å². The van der Waals surface area contributed by atoms with Gasteiger partial charge in [-0.15, -0.1) is 0 Å². The summed E-state index contributed by atoms with van der Waals surface area (Å²) in [7, 11) is 0. The van der Waals surface area contributed by atoms with Gasteiger partial charge in [-0.1, -0.05) is 18.2 Å². The van der Waals surface area contributed by atoms with Crippen LogP contribution in [0.1, 0.15) is 24.9 Å². The van der Waals surface area contributed by atoms with E-state index in [1.807, 2.05) is 0 Å². The number of carbonyl (C=O) groups is 2. The van der Waals surface area contributed by atoms with E-state index >= 15 is 0 Å². The van der Waals surface area contributed by atoms with Crippen molar-refractivity contribution in [3.8, 4) is 0 Å². The van der Waals surface area contributed by atoms with Crippen LogP contribution in [0.4, 0.5) is 13.2 Å². The van der Waals surface area contributed by atoms with E-state index in [1.165, 1.54) is 18.2 Å². The maximum Gasteiger partial charge on any atom is 0.321 e. The summed E-state index contributed by atoms with van der Waals surface area (Å²) in [4.78, 5) is 22.7. The third kappa shape index (κ3) is 2.92. The first-order valence-corrected chi connectivity index (χ1v) is 6.01. The molecule has 0 spiro atoms. The fourth-order valence-corrected chi connectivity index (χ4v) is 2.10. The Morgan fingerprint density at radius 1 is 1.40 bits per heavy atom. The fourth-order valence-electron chi connectivity index (χ4n) is 2.10. The smallest absolute Gasteiger partial charge is 0.321 e. The predicted molar refractivity (Wildman–Crippen MR) is 64.5 cm³/mol. The normalized spacial score (nSPS) is 22.5. The maximum atomic E-state index is 13.7. The first-order chi connectivity index (χ1) is 9.29. The largest absolute Gasteiger partial charge is 0.347 e. The first kappa shape index (κ1) is 14.4. The van der Waals surface area contributed by atoms with Crippen molar-refractivity contribution in [1.29, 1.82) is 0 Å². The lowest BCUT2D eigenvalue weighted by molar-refractivity contribution is -0.143. The molecule has 2 rings (SSSR count). The lowest BCUT2D eigenvalue weighted by Crippen LogP contribution is -2.45. The van der Waals surface area contributed by atoms with Gasteiger partial charge in [0.05, 0.1) is 12.1 Å². The number of alkyl halides is 2. The minimum Gasteiger partial charge on any atom is -0.347 e. The topological polar surface area (TPSA) is 58.2 Å². The Kier molecular flexibility index (Phi) is 3.69. The van der Waals surface area contributed by atoms with Gasteiger partial charge in [-0.25, -0.2) is 4.39 Å². The van der Waals surface area contributed by atoms with Gasteiger partial charge in [0.2, 0.25) is 5.91 Å². The number of carbonyl (C=O) groups excluding carboxylic acids is 2. The Bertz CT molecular complexity index is 543. The van der Waals surface area contributed by atoms with Crippen LogP contribution >= 0.6 is 0 Å². The van der Waals surface area contributed by atoms with Gasteiger partial charge in [0.15, 0.2) is 0 Å². The van der Waals surface area contributed by atoms with Crippen molar-refractivity contribution in [3.63, 3.8) is 0 Å². The molecule has 2 N–H and O–H groups in total. The molecule has 1 aliphatic heterocycles. The van der Waals surface area contributed by atoms with Gasteiger partial charge in [-0.05, 0) is 6.07 Å². The zero-order valence-corrected chi connectivity index (χ0v) is 10.6. The minimum atomic E-state index is -3.55. The summed E-state index contributed by atoms with van der Waals surface area (Å²) < 4.78 is 39.5. The summed E-state index contributed by atoms with van der Waals surface area (Å²) >= 11 is 0. The zero-order chi connectivity index (χ0) is 14.9. The molecule has 1 heterocycles. The van der Waals surface area contributed by atoms with E-state index in [2.05, 4.69) is 10.6 Å². The Balaban J connectivity index is 2.22. The van der Waals surface area contributed by atoms with E-state index in [4.69, 9.17) is 0 Å². The Morgan fingerprint density at radius 3 is 2.65 bits per heavy atom. The average molecular weight is 286 g/mol. The SMILES string of the molecule is CC(F)(F)C(=O)N[C@H]1CC(=O)N[C@@H]1c1ccccc1F. The number of rotatable bonds is 3. The monoisotopic (exact) mass is 286 g/mol. The number of hydrogen-bond acceptors (Lipinski definition) is 2. The summed E-state index contributed by atoms with van der Waals surface area (Å²) in [6.07, 6.45) is -0.166.